The first-order valence-electron chi connectivity index (χ1n) is 7.01. The Kier molecular flexibility index (Phi) is 7.10. The Bertz CT molecular complexity index is 614. The van der Waals surface area contributed by atoms with Gasteiger partial charge in [0.15, 0.2) is 5.96 Å². The van der Waals surface area contributed by atoms with Crippen LogP contribution in [0.2, 0.25) is 0 Å². The number of halogens is 1. The predicted molar refractivity (Wildman–Crippen MR) is 98.6 cm³/mol. The average molecular weight is 441 g/mol. The Hall–Kier alpha value is -0.840. The first-order valence-corrected chi connectivity index (χ1v) is 9.07. The second kappa shape index (κ2) is 8.14. The third kappa shape index (κ3) is 5.41. The van der Waals surface area contributed by atoms with Crippen LogP contribution < -0.4 is 5.32 Å². The highest BCUT2D eigenvalue weighted by Gasteiger charge is 2.26. The molecular weight excluding hydrogens is 417 g/mol. The normalized spacial score (nSPS) is 19.1. The van der Waals surface area contributed by atoms with Gasteiger partial charge in [0.25, 0.3) is 0 Å². The molecule has 0 radical (unpaired) electrons. The molecule has 1 aliphatic heterocycles. The molecule has 9 heteroatoms. The first-order chi connectivity index (χ1) is 9.89. The van der Waals surface area contributed by atoms with Gasteiger partial charge in [0.1, 0.15) is 9.84 Å². The SMILES string of the molecule is CN=C(NCCS(C)(=O)=O)N1CCC(c2cnn(C)c2)C1.I. The van der Waals surface area contributed by atoms with Crippen LogP contribution in [0, 0.1) is 0 Å². The fraction of sp³-hybridized carbons (Fsp3) is 0.692. The van der Waals surface area contributed by atoms with Crippen molar-refractivity contribution in [3.8, 4) is 0 Å². The highest BCUT2D eigenvalue weighted by Crippen LogP contribution is 2.26. The summed E-state index contributed by atoms with van der Waals surface area (Å²) in [6.07, 6.45) is 6.26. The number of sulfone groups is 1. The van der Waals surface area contributed by atoms with Gasteiger partial charge in [0.2, 0.25) is 0 Å². The largest absolute Gasteiger partial charge is 0.355 e. The Labute approximate surface area is 149 Å². The number of hydrogen-bond donors (Lipinski definition) is 1. The van der Waals surface area contributed by atoms with E-state index < -0.39 is 9.84 Å². The summed E-state index contributed by atoms with van der Waals surface area (Å²) in [7, 11) is 0.691. The summed E-state index contributed by atoms with van der Waals surface area (Å²) < 4.78 is 24.1. The molecule has 0 bridgehead atoms. The van der Waals surface area contributed by atoms with Gasteiger partial charge in [-0.2, -0.15) is 5.10 Å². The molecule has 22 heavy (non-hydrogen) atoms. The van der Waals surface area contributed by atoms with Gasteiger partial charge in [-0.15, -0.1) is 24.0 Å². The summed E-state index contributed by atoms with van der Waals surface area (Å²) in [5.74, 6) is 1.34. The van der Waals surface area contributed by atoms with Crippen molar-refractivity contribution < 1.29 is 8.42 Å². The van der Waals surface area contributed by atoms with E-state index in [2.05, 4.69) is 20.3 Å². The van der Waals surface area contributed by atoms with Gasteiger partial charge < -0.3 is 10.2 Å². The molecule has 0 amide bonds. The van der Waals surface area contributed by atoms with Crippen LogP contribution in [0.3, 0.4) is 0 Å². The summed E-state index contributed by atoms with van der Waals surface area (Å²) in [6, 6.07) is 0. The van der Waals surface area contributed by atoms with Crippen molar-refractivity contribution in [2.45, 2.75) is 12.3 Å². The van der Waals surface area contributed by atoms with Crippen molar-refractivity contribution >= 4 is 39.8 Å². The average Bonchev–Trinajstić information content (AvgIpc) is 3.02. The molecule has 1 atom stereocenters. The van der Waals surface area contributed by atoms with Crippen LogP contribution in [0.25, 0.3) is 0 Å². The summed E-state index contributed by atoms with van der Waals surface area (Å²) in [5, 5.41) is 7.33. The van der Waals surface area contributed by atoms with E-state index in [1.165, 1.54) is 11.8 Å². The number of aromatic nitrogens is 2. The molecule has 126 valence electrons. The Morgan fingerprint density at radius 2 is 2.27 bits per heavy atom. The molecule has 1 aromatic heterocycles. The highest BCUT2D eigenvalue weighted by atomic mass is 127. The van der Waals surface area contributed by atoms with E-state index in [0.29, 0.717) is 12.5 Å². The zero-order chi connectivity index (χ0) is 15.5. The van der Waals surface area contributed by atoms with E-state index >= 15 is 0 Å². The zero-order valence-electron chi connectivity index (χ0n) is 13.2. The first kappa shape index (κ1) is 19.2. The van der Waals surface area contributed by atoms with Crippen LogP contribution >= 0.6 is 24.0 Å². The maximum atomic E-state index is 11.2. The summed E-state index contributed by atoms with van der Waals surface area (Å²) >= 11 is 0. The number of aryl methyl sites for hydroxylation is 1. The van der Waals surface area contributed by atoms with Gasteiger partial charge in [-0.05, 0) is 12.0 Å². The van der Waals surface area contributed by atoms with E-state index in [0.717, 1.165) is 25.5 Å². The number of hydrogen-bond acceptors (Lipinski definition) is 4. The summed E-state index contributed by atoms with van der Waals surface area (Å²) in [4.78, 5) is 6.41. The van der Waals surface area contributed by atoms with Gasteiger partial charge in [-0.3, -0.25) is 9.67 Å². The smallest absolute Gasteiger partial charge is 0.193 e. The molecule has 1 unspecified atom stereocenters. The molecular formula is C13H24IN5O2S. The van der Waals surface area contributed by atoms with Crippen molar-refractivity contribution in [3.63, 3.8) is 0 Å². The lowest BCUT2D eigenvalue weighted by atomic mass is 10.0. The fourth-order valence-electron chi connectivity index (χ4n) is 2.56. The van der Waals surface area contributed by atoms with Crippen LogP contribution in [0.15, 0.2) is 17.4 Å². The molecule has 1 fully saturated rings. The molecule has 2 rings (SSSR count). The van der Waals surface area contributed by atoms with E-state index in [4.69, 9.17) is 0 Å². The van der Waals surface area contributed by atoms with E-state index in [1.54, 1.807) is 7.05 Å². The zero-order valence-corrected chi connectivity index (χ0v) is 16.3. The number of guanidine groups is 1. The minimum Gasteiger partial charge on any atom is -0.355 e. The maximum Gasteiger partial charge on any atom is 0.193 e. The molecule has 1 saturated heterocycles. The van der Waals surface area contributed by atoms with E-state index in [-0.39, 0.29) is 29.7 Å². The lowest BCUT2D eigenvalue weighted by molar-refractivity contribution is 0.488. The standard InChI is InChI=1S/C13H23N5O2S.HI/c1-14-13(15-5-7-21(3,19)20)18-6-4-11(10-18)12-8-16-17(2)9-12;/h8-9,11H,4-7,10H2,1-3H3,(H,14,15);1H. The molecule has 7 nitrogen and oxygen atoms in total. The number of rotatable bonds is 4. The van der Waals surface area contributed by atoms with Gasteiger partial charge in [-0.1, -0.05) is 0 Å². The second-order valence-corrected chi connectivity index (χ2v) is 7.74. The number of likely N-dealkylation sites (tertiary alicyclic amines) is 1. The van der Waals surface area contributed by atoms with E-state index in [9.17, 15) is 8.42 Å². The third-order valence-electron chi connectivity index (χ3n) is 3.65. The van der Waals surface area contributed by atoms with Crippen LogP contribution in [-0.4, -0.2) is 67.7 Å². The third-order valence-corrected chi connectivity index (χ3v) is 4.60. The van der Waals surface area contributed by atoms with Crippen molar-refractivity contribution in [1.29, 1.82) is 0 Å². The van der Waals surface area contributed by atoms with Gasteiger partial charge in [0.05, 0.1) is 11.9 Å². The monoisotopic (exact) mass is 441 g/mol. The Morgan fingerprint density at radius 1 is 1.55 bits per heavy atom. The van der Waals surface area contributed by atoms with Crippen molar-refractivity contribution in [1.82, 2.24) is 20.0 Å². The van der Waals surface area contributed by atoms with Gasteiger partial charge in [0, 0.05) is 52.1 Å². The van der Waals surface area contributed by atoms with Crippen LogP contribution in [0.5, 0.6) is 0 Å². The summed E-state index contributed by atoms with van der Waals surface area (Å²) in [6.45, 7) is 2.18. The molecule has 1 N–H and O–H groups in total. The van der Waals surface area contributed by atoms with Crippen LogP contribution in [0.4, 0.5) is 0 Å². The molecule has 0 saturated carbocycles. The Morgan fingerprint density at radius 3 is 2.82 bits per heavy atom. The molecule has 1 aromatic rings. The van der Waals surface area contributed by atoms with Gasteiger partial charge >= 0.3 is 0 Å². The minimum absolute atomic E-state index is 0. The molecule has 1 aliphatic rings. The van der Waals surface area contributed by atoms with Crippen LogP contribution in [-0.2, 0) is 16.9 Å². The molecule has 2 heterocycles. The maximum absolute atomic E-state index is 11.2. The fourth-order valence-corrected chi connectivity index (χ4v) is 3.03. The topological polar surface area (TPSA) is 79.6 Å². The number of nitrogens with one attached hydrogen (secondary N) is 1. The summed E-state index contributed by atoms with van der Waals surface area (Å²) in [5.41, 5.74) is 1.24. The van der Waals surface area contributed by atoms with E-state index in [1.807, 2.05) is 24.1 Å². The highest BCUT2D eigenvalue weighted by molar-refractivity contribution is 14.0. The number of aliphatic imine (C=N–C) groups is 1. The molecule has 0 aliphatic carbocycles. The molecule has 0 aromatic carbocycles. The minimum atomic E-state index is -2.95. The Balaban J connectivity index is 0.00000242. The van der Waals surface area contributed by atoms with Crippen molar-refractivity contribution in [2.75, 3.05) is 38.7 Å². The predicted octanol–water partition coefficient (Wildman–Crippen LogP) is 0.447. The van der Waals surface area contributed by atoms with Crippen molar-refractivity contribution in [3.05, 3.63) is 18.0 Å². The van der Waals surface area contributed by atoms with Gasteiger partial charge in [-0.25, -0.2) is 8.42 Å². The number of nitrogens with zero attached hydrogens (tertiary/aromatic N) is 4. The lowest BCUT2D eigenvalue weighted by Crippen LogP contribution is -2.41. The quantitative estimate of drug-likeness (QED) is 0.417. The lowest BCUT2D eigenvalue weighted by Gasteiger charge is -2.21. The van der Waals surface area contributed by atoms with Crippen molar-refractivity contribution in [2.24, 2.45) is 12.0 Å². The molecule has 0 spiro atoms. The van der Waals surface area contributed by atoms with Crippen LogP contribution in [0.1, 0.15) is 17.9 Å². The second-order valence-electron chi connectivity index (χ2n) is 5.48.